The molecule has 1 N–H and O–H groups in total. The fraction of sp³-hybridized carbons (Fsp3) is 0.250. The highest BCUT2D eigenvalue weighted by Gasteiger charge is 2.18. The van der Waals surface area contributed by atoms with Crippen LogP contribution in [0.1, 0.15) is 28.3 Å². The first-order valence-corrected chi connectivity index (χ1v) is 8.29. The minimum Gasteiger partial charge on any atom is -0.309 e. The Kier molecular flexibility index (Phi) is 5.30. The molecule has 2 aromatic rings. The van der Waals surface area contributed by atoms with Crippen molar-refractivity contribution in [3.8, 4) is 0 Å². The summed E-state index contributed by atoms with van der Waals surface area (Å²) in [6, 6.07) is 10.4. The van der Waals surface area contributed by atoms with Crippen LogP contribution in [-0.2, 0) is 0 Å². The summed E-state index contributed by atoms with van der Waals surface area (Å²) in [5.74, 6) is 0. The molecule has 0 aromatic heterocycles. The van der Waals surface area contributed by atoms with Crippen molar-refractivity contribution in [2.24, 2.45) is 0 Å². The predicted octanol–water partition coefficient (Wildman–Crippen LogP) is 5.79. The molecule has 1 unspecified atom stereocenters. The molecule has 4 heteroatoms. The van der Waals surface area contributed by atoms with Gasteiger partial charge in [0, 0.05) is 14.0 Å². The van der Waals surface area contributed by atoms with Gasteiger partial charge in [0.25, 0.3) is 0 Å². The summed E-state index contributed by atoms with van der Waals surface area (Å²) in [6.45, 7) is 4.24. The maximum Gasteiger partial charge on any atom is 0.0588 e. The van der Waals surface area contributed by atoms with Crippen LogP contribution >= 0.6 is 43.5 Å². The molecule has 0 radical (unpaired) electrons. The Morgan fingerprint density at radius 2 is 1.65 bits per heavy atom. The van der Waals surface area contributed by atoms with E-state index in [9.17, 15) is 0 Å². The van der Waals surface area contributed by atoms with Crippen LogP contribution in [0.4, 0.5) is 0 Å². The summed E-state index contributed by atoms with van der Waals surface area (Å²) >= 11 is 13.2. The molecule has 0 bridgehead atoms. The lowest BCUT2D eigenvalue weighted by molar-refractivity contribution is 0.684. The Morgan fingerprint density at radius 1 is 0.950 bits per heavy atom. The fourth-order valence-electron chi connectivity index (χ4n) is 2.33. The Morgan fingerprint density at radius 3 is 2.25 bits per heavy atom. The molecule has 0 spiro atoms. The molecule has 20 heavy (non-hydrogen) atoms. The lowest BCUT2D eigenvalue weighted by atomic mass is 9.94. The van der Waals surface area contributed by atoms with Gasteiger partial charge in [-0.2, -0.15) is 0 Å². The monoisotopic (exact) mass is 415 g/mol. The molecule has 1 atom stereocenters. The van der Waals surface area contributed by atoms with Gasteiger partial charge >= 0.3 is 0 Å². The van der Waals surface area contributed by atoms with Gasteiger partial charge in [0.05, 0.1) is 6.04 Å². The number of aryl methyl sites for hydroxylation is 2. The molecule has 2 rings (SSSR count). The van der Waals surface area contributed by atoms with Gasteiger partial charge in [0.2, 0.25) is 0 Å². The maximum absolute atomic E-state index is 6.03. The number of hydrogen-bond donors (Lipinski definition) is 1. The smallest absolute Gasteiger partial charge is 0.0588 e. The lowest BCUT2D eigenvalue weighted by Crippen LogP contribution is -2.19. The third-order valence-corrected chi connectivity index (χ3v) is 5.20. The predicted molar refractivity (Wildman–Crippen MR) is 93.7 cm³/mol. The van der Waals surface area contributed by atoms with E-state index >= 15 is 0 Å². The normalized spacial score (nSPS) is 12.5. The fourth-order valence-corrected chi connectivity index (χ4v) is 3.70. The number of nitrogens with one attached hydrogen (secondary N) is 1. The maximum atomic E-state index is 6.03. The van der Waals surface area contributed by atoms with Gasteiger partial charge in [-0.1, -0.05) is 55.6 Å². The summed E-state index contributed by atoms with van der Waals surface area (Å²) in [4.78, 5) is 0. The van der Waals surface area contributed by atoms with E-state index in [1.54, 1.807) is 0 Å². The van der Waals surface area contributed by atoms with E-state index in [0.29, 0.717) is 0 Å². The van der Waals surface area contributed by atoms with Gasteiger partial charge in [-0.05, 0) is 61.3 Å². The molecular weight excluding hydrogens is 401 g/mol. The Labute approximate surface area is 142 Å². The minimum atomic E-state index is 0.133. The van der Waals surface area contributed by atoms with E-state index < -0.39 is 0 Å². The van der Waals surface area contributed by atoms with Crippen LogP contribution in [-0.4, -0.2) is 7.05 Å². The molecule has 0 aliphatic heterocycles. The second-order valence-electron chi connectivity index (χ2n) is 4.85. The van der Waals surface area contributed by atoms with Crippen LogP contribution in [0.25, 0.3) is 0 Å². The molecule has 0 saturated carbocycles. The highest BCUT2D eigenvalue weighted by molar-refractivity contribution is 9.10. The molecule has 0 saturated heterocycles. The van der Waals surface area contributed by atoms with Crippen LogP contribution in [0.2, 0.25) is 5.02 Å². The van der Waals surface area contributed by atoms with Crippen LogP contribution in [0.3, 0.4) is 0 Å². The van der Waals surface area contributed by atoms with Crippen molar-refractivity contribution in [3.63, 3.8) is 0 Å². The van der Waals surface area contributed by atoms with Crippen molar-refractivity contribution in [3.05, 3.63) is 66.6 Å². The van der Waals surface area contributed by atoms with Crippen molar-refractivity contribution in [1.82, 2.24) is 5.32 Å². The highest BCUT2D eigenvalue weighted by atomic mass is 79.9. The lowest BCUT2D eigenvalue weighted by Gasteiger charge is -2.22. The van der Waals surface area contributed by atoms with Crippen molar-refractivity contribution in [2.45, 2.75) is 19.9 Å². The van der Waals surface area contributed by atoms with Gasteiger partial charge in [-0.15, -0.1) is 0 Å². The second kappa shape index (κ2) is 6.61. The summed E-state index contributed by atoms with van der Waals surface area (Å²) in [5.41, 5.74) is 4.94. The zero-order chi connectivity index (χ0) is 14.9. The van der Waals surface area contributed by atoms with Crippen molar-refractivity contribution in [1.29, 1.82) is 0 Å². The summed E-state index contributed by atoms with van der Waals surface area (Å²) in [7, 11) is 1.97. The van der Waals surface area contributed by atoms with Crippen molar-refractivity contribution < 1.29 is 0 Å². The summed E-state index contributed by atoms with van der Waals surface area (Å²) in [6.07, 6.45) is 0. The molecular formula is C16H16Br2ClN. The molecule has 106 valence electrons. The molecule has 0 aliphatic rings. The highest BCUT2D eigenvalue weighted by Crippen LogP contribution is 2.33. The van der Waals surface area contributed by atoms with E-state index in [0.717, 1.165) is 14.0 Å². The molecule has 0 aliphatic carbocycles. The first-order chi connectivity index (χ1) is 9.43. The molecule has 0 amide bonds. The number of rotatable bonds is 3. The van der Waals surface area contributed by atoms with Gasteiger partial charge < -0.3 is 5.32 Å². The summed E-state index contributed by atoms with van der Waals surface area (Å²) < 4.78 is 2.16. The largest absolute Gasteiger partial charge is 0.309 e. The SMILES string of the molecule is CNC(c1cc(C)c(Br)cc1C)c1ccc(Cl)cc1Br. The average Bonchev–Trinajstić information content (AvgIpc) is 2.38. The van der Waals surface area contributed by atoms with Gasteiger partial charge in [0.1, 0.15) is 0 Å². The average molecular weight is 418 g/mol. The van der Waals surface area contributed by atoms with E-state index in [-0.39, 0.29) is 6.04 Å². The van der Waals surface area contributed by atoms with Crippen molar-refractivity contribution in [2.75, 3.05) is 7.05 Å². The van der Waals surface area contributed by atoms with E-state index in [1.165, 1.54) is 22.3 Å². The zero-order valence-electron chi connectivity index (χ0n) is 11.6. The molecule has 1 nitrogen and oxygen atoms in total. The Balaban J connectivity index is 2.55. The number of hydrogen-bond acceptors (Lipinski definition) is 1. The Hall–Kier alpha value is -0.350. The number of halogens is 3. The standard InChI is InChI=1S/C16H16Br2ClN/c1-9-7-14(17)10(2)6-13(9)16(20-3)12-5-4-11(19)8-15(12)18/h4-8,16,20H,1-3H3. The topological polar surface area (TPSA) is 12.0 Å². The van der Waals surface area contributed by atoms with Crippen LogP contribution < -0.4 is 5.32 Å². The van der Waals surface area contributed by atoms with Gasteiger partial charge in [-0.3, -0.25) is 0 Å². The van der Waals surface area contributed by atoms with E-state index in [1.807, 2.05) is 19.2 Å². The third-order valence-electron chi connectivity index (χ3n) is 3.42. The van der Waals surface area contributed by atoms with Crippen molar-refractivity contribution >= 4 is 43.5 Å². The minimum absolute atomic E-state index is 0.133. The first kappa shape index (κ1) is 16.0. The third kappa shape index (κ3) is 3.28. The quantitative estimate of drug-likeness (QED) is 0.666. The van der Waals surface area contributed by atoms with Gasteiger partial charge in [-0.25, -0.2) is 0 Å². The first-order valence-electron chi connectivity index (χ1n) is 6.33. The van der Waals surface area contributed by atoms with E-state index in [4.69, 9.17) is 11.6 Å². The second-order valence-corrected chi connectivity index (χ2v) is 6.99. The summed E-state index contributed by atoms with van der Waals surface area (Å²) in [5, 5.41) is 4.13. The van der Waals surface area contributed by atoms with E-state index in [2.05, 4.69) is 69.2 Å². The van der Waals surface area contributed by atoms with Crippen LogP contribution in [0, 0.1) is 13.8 Å². The molecule has 2 aromatic carbocycles. The molecule has 0 fully saturated rings. The van der Waals surface area contributed by atoms with Crippen LogP contribution in [0.5, 0.6) is 0 Å². The van der Waals surface area contributed by atoms with Gasteiger partial charge in [0.15, 0.2) is 0 Å². The number of benzene rings is 2. The zero-order valence-corrected chi connectivity index (χ0v) is 15.5. The Bertz CT molecular complexity index is 641. The van der Waals surface area contributed by atoms with Crippen LogP contribution in [0.15, 0.2) is 39.3 Å². The molecule has 0 heterocycles.